The SMILES string of the molecule is S=c1nc2ccnc-2c1=S. The summed E-state index contributed by atoms with van der Waals surface area (Å²) in [4.78, 5) is 8.03. The third-order valence-corrected chi connectivity index (χ3v) is 2.12. The van der Waals surface area contributed by atoms with E-state index in [4.69, 9.17) is 24.4 Å². The molecular formula is C6H2N2S2. The van der Waals surface area contributed by atoms with E-state index in [2.05, 4.69) is 9.97 Å². The topological polar surface area (TPSA) is 25.8 Å². The van der Waals surface area contributed by atoms with Crippen molar-refractivity contribution in [3.63, 3.8) is 0 Å². The lowest BCUT2D eigenvalue weighted by Crippen LogP contribution is -1.65. The smallest absolute Gasteiger partial charge is 0.147 e. The van der Waals surface area contributed by atoms with Crippen molar-refractivity contribution in [2.24, 2.45) is 0 Å². The molecule has 2 aliphatic rings. The molecule has 2 heterocycles. The lowest BCUT2D eigenvalue weighted by atomic mass is 10.4. The van der Waals surface area contributed by atoms with Gasteiger partial charge in [0.1, 0.15) is 14.8 Å². The number of aromatic nitrogens is 2. The van der Waals surface area contributed by atoms with Gasteiger partial charge in [0.05, 0.1) is 5.69 Å². The van der Waals surface area contributed by atoms with Crippen molar-refractivity contribution < 1.29 is 0 Å². The largest absolute Gasteiger partial charge is 0.253 e. The predicted molar refractivity (Wildman–Crippen MR) is 42.7 cm³/mol. The van der Waals surface area contributed by atoms with Crippen LogP contribution in [0.2, 0.25) is 0 Å². The monoisotopic (exact) mass is 166 g/mol. The Morgan fingerprint density at radius 1 is 1.30 bits per heavy atom. The highest BCUT2D eigenvalue weighted by Crippen LogP contribution is 2.19. The molecule has 0 aromatic carbocycles. The van der Waals surface area contributed by atoms with Gasteiger partial charge < -0.3 is 0 Å². The Morgan fingerprint density at radius 2 is 2.10 bits per heavy atom. The van der Waals surface area contributed by atoms with Crippen molar-refractivity contribution in [3.05, 3.63) is 21.4 Å². The molecule has 0 N–H and O–H groups in total. The van der Waals surface area contributed by atoms with Gasteiger partial charge in [0.2, 0.25) is 0 Å². The molecule has 0 atom stereocenters. The molecule has 0 unspecified atom stereocenters. The van der Waals surface area contributed by atoms with E-state index in [1.54, 1.807) is 12.3 Å². The summed E-state index contributed by atoms with van der Waals surface area (Å²) in [7, 11) is 0. The zero-order chi connectivity index (χ0) is 7.14. The summed E-state index contributed by atoms with van der Waals surface area (Å²) in [6, 6.07) is 1.81. The van der Waals surface area contributed by atoms with Crippen LogP contribution in [0.5, 0.6) is 0 Å². The van der Waals surface area contributed by atoms with Crippen molar-refractivity contribution in [3.8, 4) is 11.4 Å². The van der Waals surface area contributed by atoms with E-state index in [1.165, 1.54) is 0 Å². The van der Waals surface area contributed by atoms with Gasteiger partial charge in [-0.3, -0.25) is 4.98 Å². The molecule has 0 radical (unpaired) electrons. The molecule has 2 rings (SSSR count). The minimum atomic E-state index is 0.494. The van der Waals surface area contributed by atoms with E-state index in [-0.39, 0.29) is 0 Å². The van der Waals surface area contributed by atoms with E-state index >= 15 is 0 Å². The van der Waals surface area contributed by atoms with E-state index < -0.39 is 0 Å². The van der Waals surface area contributed by atoms with Crippen LogP contribution >= 0.6 is 24.4 Å². The van der Waals surface area contributed by atoms with Crippen LogP contribution in [-0.4, -0.2) is 9.97 Å². The lowest BCUT2D eigenvalue weighted by Gasteiger charge is -1.75. The summed E-state index contributed by atoms with van der Waals surface area (Å²) < 4.78 is 1.10. The Kier molecular flexibility index (Phi) is 1.12. The Hall–Kier alpha value is -0.740. The maximum absolute atomic E-state index is 4.95. The summed E-state index contributed by atoms with van der Waals surface area (Å²) in [5, 5.41) is 0. The number of fused-ring (bicyclic) bond motifs is 1. The summed E-state index contributed by atoms with van der Waals surface area (Å²) >= 11 is 9.81. The van der Waals surface area contributed by atoms with Gasteiger partial charge in [-0.2, -0.15) is 0 Å². The van der Waals surface area contributed by atoms with Crippen molar-refractivity contribution in [1.82, 2.24) is 9.97 Å². The number of hydrogen-bond acceptors (Lipinski definition) is 4. The molecule has 48 valence electrons. The van der Waals surface area contributed by atoms with E-state index in [9.17, 15) is 0 Å². The average Bonchev–Trinajstić information content (AvgIpc) is 2.41. The molecule has 0 amide bonds. The second-order valence-electron chi connectivity index (χ2n) is 1.92. The van der Waals surface area contributed by atoms with Crippen LogP contribution in [0.25, 0.3) is 11.4 Å². The lowest BCUT2D eigenvalue weighted by molar-refractivity contribution is 1.39. The van der Waals surface area contributed by atoms with Crippen LogP contribution < -0.4 is 0 Å². The Labute approximate surface area is 67.6 Å². The Morgan fingerprint density at radius 3 is 2.80 bits per heavy atom. The van der Waals surface area contributed by atoms with Crippen LogP contribution in [0.4, 0.5) is 0 Å². The second-order valence-corrected chi connectivity index (χ2v) is 2.72. The van der Waals surface area contributed by atoms with Gasteiger partial charge in [-0.05, 0) is 6.07 Å². The minimum absolute atomic E-state index is 0.494. The van der Waals surface area contributed by atoms with E-state index in [0.29, 0.717) is 9.15 Å². The van der Waals surface area contributed by atoms with E-state index in [1.807, 2.05) is 0 Å². The third-order valence-electron chi connectivity index (χ3n) is 1.31. The standard InChI is InChI=1S/C6H2N2S2/c9-5-4-3(1-2-7-4)8-6(5)10/h1-2H. The number of nitrogens with zero attached hydrogens (tertiary/aromatic N) is 2. The van der Waals surface area contributed by atoms with Gasteiger partial charge >= 0.3 is 0 Å². The number of hydrogen-bond donors (Lipinski definition) is 0. The van der Waals surface area contributed by atoms with Crippen LogP contribution in [0.15, 0.2) is 12.3 Å². The summed E-state index contributed by atoms with van der Waals surface area (Å²) in [6.45, 7) is 0. The fourth-order valence-electron chi connectivity index (χ4n) is 0.854. The molecule has 0 aliphatic carbocycles. The number of rotatable bonds is 0. The molecule has 2 nitrogen and oxygen atoms in total. The van der Waals surface area contributed by atoms with Gasteiger partial charge in [0.25, 0.3) is 0 Å². The molecule has 0 fully saturated rings. The first-order valence-corrected chi connectivity index (χ1v) is 3.53. The van der Waals surface area contributed by atoms with Crippen LogP contribution in [-0.2, 0) is 0 Å². The van der Waals surface area contributed by atoms with Crippen molar-refractivity contribution in [1.29, 1.82) is 0 Å². The molecular weight excluding hydrogens is 164 g/mol. The maximum atomic E-state index is 4.95. The summed E-state index contributed by atoms with van der Waals surface area (Å²) in [5.41, 5.74) is 1.58. The second kappa shape index (κ2) is 1.87. The minimum Gasteiger partial charge on any atom is -0.253 e. The Bertz CT molecular complexity index is 414. The zero-order valence-corrected chi connectivity index (χ0v) is 6.50. The molecule has 0 bridgehead atoms. The Balaban J connectivity index is 3.07. The average molecular weight is 166 g/mol. The van der Waals surface area contributed by atoms with Gasteiger partial charge in [-0.15, -0.1) is 0 Å². The van der Waals surface area contributed by atoms with Crippen molar-refractivity contribution in [2.75, 3.05) is 0 Å². The molecule has 10 heavy (non-hydrogen) atoms. The van der Waals surface area contributed by atoms with Crippen molar-refractivity contribution >= 4 is 24.4 Å². The van der Waals surface area contributed by atoms with Gasteiger partial charge in [0.15, 0.2) is 0 Å². The highest BCUT2D eigenvalue weighted by Gasteiger charge is 2.09. The summed E-state index contributed by atoms with van der Waals surface area (Å²) in [6.07, 6.45) is 1.68. The highest BCUT2D eigenvalue weighted by atomic mass is 32.1. The molecule has 0 aromatic heterocycles. The zero-order valence-electron chi connectivity index (χ0n) is 4.87. The molecule has 0 aromatic rings. The van der Waals surface area contributed by atoms with Gasteiger partial charge in [-0.1, -0.05) is 24.4 Å². The van der Waals surface area contributed by atoms with Crippen molar-refractivity contribution in [2.45, 2.75) is 0 Å². The molecule has 0 spiro atoms. The molecule has 0 saturated heterocycles. The fourth-order valence-corrected chi connectivity index (χ4v) is 1.25. The fraction of sp³-hybridized carbons (Fsp3) is 0. The van der Waals surface area contributed by atoms with Gasteiger partial charge in [0, 0.05) is 6.20 Å². The van der Waals surface area contributed by atoms with Crippen LogP contribution in [0.1, 0.15) is 0 Å². The molecule has 0 saturated carbocycles. The predicted octanol–water partition coefficient (Wildman–Crippen LogP) is 1.92. The molecule has 2 aliphatic heterocycles. The summed E-state index contributed by atoms with van der Waals surface area (Å²) in [5.74, 6) is 0. The first-order chi connectivity index (χ1) is 4.79. The highest BCUT2D eigenvalue weighted by molar-refractivity contribution is 7.74. The van der Waals surface area contributed by atoms with Crippen LogP contribution in [0.3, 0.4) is 0 Å². The quantitative estimate of drug-likeness (QED) is 0.558. The first-order valence-electron chi connectivity index (χ1n) is 2.71. The van der Waals surface area contributed by atoms with E-state index in [0.717, 1.165) is 11.4 Å². The maximum Gasteiger partial charge on any atom is 0.147 e. The normalized spacial score (nSPS) is 10.8. The van der Waals surface area contributed by atoms with Crippen LogP contribution in [0, 0.1) is 9.15 Å². The van der Waals surface area contributed by atoms with Gasteiger partial charge in [-0.25, -0.2) is 4.98 Å². The first kappa shape index (κ1) is 6.00. The molecule has 4 heteroatoms. The third kappa shape index (κ3) is 0.629.